The first-order valence-corrected chi connectivity index (χ1v) is 22.7. The first kappa shape index (κ1) is 46.6. The molecule has 0 aromatic heterocycles. The molecule has 14 nitrogen and oxygen atoms in total. The molecule has 18 unspecified atom stereocenters. The van der Waals surface area contributed by atoms with Crippen LogP contribution in [0.1, 0.15) is 71.6 Å². The fraction of sp³-hybridized carbons (Fsp3) is 0.905. The van der Waals surface area contributed by atoms with E-state index in [0.29, 0.717) is 25.4 Å². The van der Waals surface area contributed by atoms with Gasteiger partial charge in [0.1, 0.15) is 31.0 Å². The SMILES string of the molecule is CC1NC(NC2CC3CCOC3C(C3=CCNCCC3)C2F)NC(NC(O)(O)O)C1F.CNC1CC(NC2CC3CCOC3C(C3=CCN(C)CCC3)C2F)NC(C)C1F. The predicted molar refractivity (Wildman–Crippen MR) is 220 cm³/mol. The third-order valence-electron chi connectivity index (χ3n) is 14.6. The highest BCUT2D eigenvalue weighted by Crippen LogP contribution is 2.46. The van der Waals surface area contributed by atoms with Crippen molar-refractivity contribution in [2.45, 2.75) is 163 Å². The fourth-order valence-corrected chi connectivity index (χ4v) is 11.5. The van der Waals surface area contributed by atoms with Gasteiger partial charge >= 0.3 is 6.10 Å². The molecule has 0 bridgehead atoms. The van der Waals surface area contributed by atoms with Gasteiger partial charge in [0.15, 0.2) is 0 Å². The molecule has 0 radical (unpaired) electrons. The lowest BCUT2D eigenvalue weighted by Gasteiger charge is -2.46. The summed E-state index contributed by atoms with van der Waals surface area (Å²) in [6.45, 7) is 8.42. The summed E-state index contributed by atoms with van der Waals surface area (Å²) in [5, 5.41) is 51.9. The van der Waals surface area contributed by atoms with Crippen molar-refractivity contribution in [3.8, 4) is 0 Å². The van der Waals surface area contributed by atoms with Crippen molar-refractivity contribution in [3.05, 3.63) is 23.3 Å². The molecule has 8 rings (SSSR count). The molecule has 6 aliphatic heterocycles. The van der Waals surface area contributed by atoms with Crippen LogP contribution in [0, 0.1) is 23.7 Å². The standard InChI is InChI=1S/C22H38F2N4O.C20H35F2N5O4/c1-13-20(23)16(25-2)12-18(26-13)27-17-11-15-7-10-29-22(15)19(21(17)24)14-5-4-8-28(3)9-6-14;1-10-15(21)18(27-20(28,29)30)26-19(24-10)25-13-9-12-5-8-31-17(12)14(16(13)22)11-3-2-6-23-7-4-11/h6,13,15-22,25-27H,4-5,7-12H2,1-3H3;4,10,12-19,23-30H,2-3,5-9H2,1H3. The average molecular weight is 860 g/mol. The Labute approximate surface area is 353 Å². The molecular weight excluding hydrogens is 787 g/mol. The maximum Gasteiger partial charge on any atom is 0.344 e. The molecule has 0 aromatic carbocycles. The van der Waals surface area contributed by atoms with Crippen LogP contribution in [0.15, 0.2) is 23.3 Å². The van der Waals surface area contributed by atoms with Gasteiger partial charge in [-0.2, -0.15) is 0 Å². The van der Waals surface area contributed by atoms with Crippen LogP contribution in [0.25, 0.3) is 0 Å². The molecule has 0 amide bonds. The number of fused-ring (bicyclic) bond motifs is 2. The number of nitrogens with zero attached hydrogens (tertiary/aromatic N) is 1. The lowest BCUT2D eigenvalue weighted by Crippen LogP contribution is -2.75. The van der Waals surface area contributed by atoms with Crippen LogP contribution in [-0.2, 0) is 9.47 Å². The number of piperidine rings is 1. The molecular formula is C42H73F4N9O5. The molecule has 60 heavy (non-hydrogen) atoms. The molecule has 6 fully saturated rings. The van der Waals surface area contributed by atoms with E-state index in [4.69, 9.17) is 9.47 Å². The number of halogens is 4. The van der Waals surface area contributed by atoms with Crippen molar-refractivity contribution in [1.29, 1.82) is 0 Å². The largest absolute Gasteiger partial charge is 0.377 e. The van der Waals surface area contributed by atoms with E-state index in [-0.39, 0.29) is 54.3 Å². The highest BCUT2D eigenvalue weighted by atomic mass is 19.1. The Morgan fingerprint density at radius 3 is 2.02 bits per heavy atom. The summed E-state index contributed by atoms with van der Waals surface area (Å²) in [4.78, 5) is 2.30. The van der Waals surface area contributed by atoms with E-state index in [0.717, 1.165) is 83.3 Å². The number of likely N-dealkylation sites (N-methyl/N-ethyl adjacent to an activating group) is 1. The number of hydrogen-bond acceptors (Lipinski definition) is 14. The molecule has 2 saturated carbocycles. The van der Waals surface area contributed by atoms with E-state index in [1.165, 1.54) is 5.57 Å². The van der Waals surface area contributed by atoms with Gasteiger partial charge in [0.05, 0.1) is 24.5 Å². The molecule has 18 atom stereocenters. The van der Waals surface area contributed by atoms with Gasteiger partial charge in [0, 0.05) is 68.3 Å². The van der Waals surface area contributed by atoms with Gasteiger partial charge < -0.3 is 40.3 Å². The molecule has 344 valence electrons. The van der Waals surface area contributed by atoms with E-state index in [1.807, 2.05) is 12.2 Å². The van der Waals surface area contributed by atoms with Crippen molar-refractivity contribution in [1.82, 2.24) is 47.4 Å². The lowest BCUT2D eigenvalue weighted by atomic mass is 9.70. The van der Waals surface area contributed by atoms with E-state index >= 15 is 8.78 Å². The molecule has 0 aromatic rings. The maximum atomic E-state index is 16.0. The minimum atomic E-state index is -3.23. The first-order chi connectivity index (χ1) is 28.7. The highest BCUT2D eigenvalue weighted by molar-refractivity contribution is 5.20. The van der Waals surface area contributed by atoms with Crippen LogP contribution < -0.4 is 42.5 Å². The smallest absolute Gasteiger partial charge is 0.344 e. The van der Waals surface area contributed by atoms with Crippen LogP contribution in [0.4, 0.5) is 17.6 Å². The normalized spacial score (nSPS) is 45.6. The minimum Gasteiger partial charge on any atom is -0.377 e. The quantitative estimate of drug-likeness (QED) is 0.0889. The van der Waals surface area contributed by atoms with Crippen molar-refractivity contribution in [2.24, 2.45) is 23.7 Å². The van der Waals surface area contributed by atoms with Gasteiger partial charge in [-0.25, -0.2) is 22.9 Å². The van der Waals surface area contributed by atoms with E-state index < -0.39 is 55.3 Å². The van der Waals surface area contributed by atoms with Gasteiger partial charge in [-0.3, -0.25) is 26.6 Å². The second-order valence-electron chi connectivity index (χ2n) is 18.8. The first-order valence-electron chi connectivity index (χ1n) is 22.7. The Morgan fingerprint density at radius 1 is 0.750 bits per heavy atom. The maximum absolute atomic E-state index is 16.0. The summed E-state index contributed by atoms with van der Waals surface area (Å²) in [7, 11) is 3.93. The molecule has 6 heterocycles. The molecule has 18 heteroatoms. The third-order valence-corrected chi connectivity index (χ3v) is 14.6. The molecule has 2 aliphatic carbocycles. The summed E-state index contributed by atoms with van der Waals surface area (Å²) < 4.78 is 72.7. The Kier molecular flexibility index (Phi) is 16.0. The van der Waals surface area contributed by atoms with E-state index in [1.54, 1.807) is 14.0 Å². The topological polar surface area (TPSA) is 179 Å². The summed E-state index contributed by atoms with van der Waals surface area (Å²) >= 11 is 0. The van der Waals surface area contributed by atoms with E-state index in [2.05, 4.69) is 61.3 Å². The Bertz CT molecular complexity index is 1450. The van der Waals surface area contributed by atoms with Crippen LogP contribution in [0.5, 0.6) is 0 Å². The van der Waals surface area contributed by atoms with Crippen molar-refractivity contribution in [3.63, 3.8) is 0 Å². The van der Waals surface area contributed by atoms with Crippen LogP contribution in [-0.4, -0.2) is 166 Å². The van der Waals surface area contributed by atoms with Crippen LogP contribution in [0.3, 0.4) is 0 Å². The number of nitrogens with one attached hydrogen (secondary N) is 8. The molecule has 0 spiro atoms. The van der Waals surface area contributed by atoms with Crippen molar-refractivity contribution in [2.75, 3.05) is 53.5 Å². The van der Waals surface area contributed by atoms with Gasteiger partial charge in [0.2, 0.25) is 0 Å². The van der Waals surface area contributed by atoms with Crippen molar-refractivity contribution >= 4 is 0 Å². The summed E-state index contributed by atoms with van der Waals surface area (Å²) in [5.74, 6) is 0.176. The zero-order chi connectivity index (χ0) is 42.7. The summed E-state index contributed by atoms with van der Waals surface area (Å²) in [6, 6.07) is -1.83. The van der Waals surface area contributed by atoms with Gasteiger partial charge in [-0.1, -0.05) is 23.3 Å². The lowest BCUT2D eigenvalue weighted by molar-refractivity contribution is -0.339. The monoisotopic (exact) mass is 860 g/mol. The van der Waals surface area contributed by atoms with Crippen LogP contribution >= 0.6 is 0 Å². The summed E-state index contributed by atoms with van der Waals surface area (Å²) in [6.07, 6.45) is 2.12. The predicted octanol–water partition coefficient (Wildman–Crippen LogP) is 0.718. The van der Waals surface area contributed by atoms with Gasteiger partial charge in [0.25, 0.3) is 0 Å². The van der Waals surface area contributed by atoms with E-state index in [9.17, 15) is 24.1 Å². The molecule has 4 saturated heterocycles. The third kappa shape index (κ3) is 11.1. The second kappa shape index (κ2) is 20.6. The van der Waals surface area contributed by atoms with Gasteiger partial charge in [-0.05, 0) is 111 Å². The number of rotatable bonds is 9. The Balaban J connectivity index is 0.000000182. The fourth-order valence-electron chi connectivity index (χ4n) is 11.5. The molecule has 8 aliphatic rings. The Hall–Kier alpha value is -1.36. The Morgan fingerprint density at radius 2 is 1.37 bits per heavy atom. The molecule has 11 N–H and O–H groups in total. The number of hydrogen-bond donors (Lipinski definition) is 11. The number of alkyl halides is 4. The van der Waals surface area contributed by atoms with Crippen molar-refractivity contribution < 1.29 is 42.4 Å². The second-order valence-corrected chi connectivity index (χ2v) is 18.8. The number of aliphatic hydroxyl groups is 3. The zero-order valence-corrected chi connectivity index (χ0v) is 35.8. The number of ether oxygens (including phenoxy) is 2. The highest BCUT2D eigenvalue weighted by Gasteiger charge is 2.52. The zero-order valence-electron chi connectivity index (χ0n) is 35.8. The average Bonchev–Trinajstić information content (AvgIpc) is 3.71. The minimum absolute atomic E-state index is 0.0104. The van der Waals surface area contributed by atoms with Gasteiger partial charge in [-0.15, -0.1) is 0 Å². The summed E-state index contributed by atoms with van der Waals surface area (Å²) in [5.41, 5.74) is 2.35. The van der Waals surface area contributed by atoms with Crippen LogP contribution in [0.2, 0.25) is 0 Å².